The molecule has 1 aromatic heterocycles. The van der Waals surface area contributed by atoms with E-state index < -0.39 is 6.10 Å². The fourth-order valence-corrected chi connectivity index (χ4v) is 4.40. The molecule has 3 aromatic rings. The van der Waals surface area contributed by atoms with Gasteiger partial charge in [0.25, 0.3) is 11.1 Å². The number of amides is 1. The number of aryl methyl sites for hydroxylation is 1. The van der Waals surface area contributed by atoms with Crippen LogP contribution in [0.4, 0.5) is 0 Å². The largest absolute Gasteiger partial charge is 0.485 e. The molecule has 2 aliphatic rings. The molecule has 1 amide bonds. The molecular weight excluding hydrogens is 402 g/mol. The van der Waals surface area contributed by atoms with Crippen LogP contribution in [-0.4, -0.2) is 28.5 Å². The third-order valence-corrected chi connectivity index (χ3v) is 6.06. The summed E-state index contributed by atoms with van der Waals surface area (Å²) < 4.78 is 17.3. The van der Waals surface area contributed by atoms with Gasteiger partial charge in [-0.05, 0) is 42.5 Å². The van der Waals surface area contributed by atoms with Crippen LogP contribution in [0.3, 0.4) is 0 Å². The standard InChI is InChI=1S/C22H21N3O4S/c26-20(23-16-9-5-7-14-6-1-2-8-15(14)16)13-30-22-25-24-21(29-22)19-12-27-17-10-3-4-11-18(17)28-19/h1-4,6,8,10-11,16,19H,5,7,9,12-13H2,(H,23,26)/t16-,19-/m0/s1. The number of carbonyl (C=O) groups is 1. The molecule has 0 spiro atoms. The van der Waals surface area contributed by atoms with Gasteiger partial charge in [0.15, 0.2) is 11.5 Å². The van der Waals surface area contributed by atoms with Crippen molar-refractivity contribution in [2.24, 2.45) is 0 Å². The summed E-state index contributed by atoms with van der Waals surface area (Å²) in [6, 6.07) is 15.8. The van der Waals surface area contributed by atoms with Crippen molar-refractivity contribution in [1.82, 2.24) is 15.5 Å². The topological polar surface area (TPSA) is 86.5 Å². The molecule has 1 aliphatic heterocycles. The lowest BCUT2D eigenvalue weighted by Crippen LogP contribution is -2.32. The summed E-state index contributed by atoms with van der Waals surface area (Å²) in [6.07, 6.45) is 2.64. The Hall–Kier alpha value is -3.00. The van der Waals surface area contributed by atoms with Crippen molar-refractivity contribution in [2.45, 2.75) is 36.6 Å². The third kappa shape index (κ3) is 4.00. The molecular formula is C22H21N3O4S. The molecule has 0 radical (unpaired) electrons. The maximum atomic E-state index is 12.5. The van der Waals surface area contributed by atoms with E-state index in [1.807, 2.05) is 36.4 Å². The Morgan fingerprint density at radius 1 is 1.10 bits per heavy atom. The minimum atomic E-state index is -0.464. The summed E-state index contributed by atoms with van der Waals surface area (Å²) in [6.45, 7) is 0.297. The van der Waals surface area contributed by atoms with E-state index >= 15 is 0 Å². The van der Waals surface area contributed by atoms with Crippen molar-refractivity contribution in [3.63, 3.8) is 0 Å². The molecule has 1 N–H and O–H groups in total. The highest BCUT2D eigenvalue weighted by molar-refractivity contribution is 7.99. The van der Waals surface area contributed by atoms with E-state index in [4.69, 9.17) is 13.9 Å². The van der Waals surface area contributed by atoms with Gasteiger partial charge >= 0.3 is 0 Å². The molecule has 154 valence electrons. The highest BCUT2D eigenvalue weighted by atomic mass is 32.2. The Morgan fingerprint density at radius 3 is 2.87 bits per heavy atom. The fraction of sp³-hybridized carbons (Fsp3) is 0.318. The third-order valence-electron chi connectivity index (χ3n) is 5.24. The Morgan fingerprint density at radius 2 is 1.93 bits per heavy atom. The molecule has 2 aromatic carbocycles. The SMILES string of the molecule is O=C(CSc1nnc([C@@H]2COc3ccccc3O2)o1)N[C@H]1CCCc2ccccc21. The number of ether oxygens (including phenoxy) is 2. The molecule has 8 heteroatoms. The normalized spacial score (nSPS) is 19.7. The Balaban J connectivity index is 1.16. The molecule has 7 nitrogen and oxygen atoms in total. The monoisotopic (exact) mass is 423 g/mol. The minimum absolute atomic E-state index is 0.0485. The molecule has 0 bridgehead atoms. The van der Waals surface area contributed by atoms with Gasteiger partial charge in [0.1, 0.15) is 6.61 Å². The van der Waals surface area contributed by atoms with Crippen LogP contribution in [0.2, 0.25) is 0 Å². The van der Waals surface area contributed by atoms with Crippen molar-refractivity contribution < 1.29 is 18.7 Å². The van der Waals surface area contributed by atoms with E-state index in [0.29, 0.717) is 29.2 Å². The zero-order chi connectivity index (χ0) is 20.3. The van der Waals surface area contributed by atoms with Gasteiger partial charge in [-0.25, -0.2) is 0 Å². The van der Waals surface area contributed by atoms with E-state index in [0.717, 1.165) is 19.3 Å². The second-order valence-corrected chi connectivity index (χ2v) is 8.20. The average molecular weight is 423 g/mol. The number of aromatic nitrogens is 2. The van der Waals surface area contributed by atoms with Gasteiger partial charge < -0.3 is 19.2 Å². The predicted molar refractivity (Wildman–Crippen MR) is 111 cm³/mol. The molecule has 5 rings (SSSR count). The van der Waals surface area contributed by atoms with Crippen LogP contribution in [0.15, 0.2) is 58.2 Å². The second-order valence-electron chi connectivity index (χ2n) is 7.27. The molecule has 0 unspecified atom stereocenters. The Kier molecular flexibility index (Phi) is 5.31. The lowest BCUT2D eigenvalue weighted by molar-refractivity contribution is -0.119. The number of thioether (sulfide) groups is 1. The van der Waals surface area contributed by atoms with Crippen molar-refractivity contribution in [2.75, 3.05) is 12.4 Å². The first kappa shape index (κ1) is 19.0. The van der Waals surface area contributed by atoms with Crippen molar-refractivity contribution in [1.29, 1.82) is 0 Å². The van der Waals surface area contributed by atoms with Gasteiger partial charge in [-0.2, -0.15) is 0 Å². The summed E-state index contributed by atoms with van der Waals surface area (Å²) in [4.78, 5) is 12.5. The van der Waals surface area contributed by atoms with Crippen LogP contribution in [0.25, 0.3) is 0 Å². The highest BCUT2D eigenvalue weighted by Gasteiger charge is 2.27. The number of benzene rings is 2. The molecule has 0 saturated carbocycles. The number of fused-ring (bicyclic) bond motifs is 2. The van der Waals surface area contributed by atoms with E-state index in [-0.39, 0.29) is 17.7 Å². The second kappa shape index (κ2) is 8.39. The first-order chi connectivity index (χ1) is 14.8. The van der Waals surface area contributed by atoms with Crippen LogP contribution in [0, 0.1) is 0 Å². The van der Waals surface area contributed by atoms with Crippen molar-refractivity contribution in [3.8, 4) is 11.5 Å². The summed E-state index contributed by atoms with van der Waals surface area (Å²) >= 11 is 1.22. The minimum Gasteiger partial charge on any atom is -0.485 e. The van der Waals surface area contributed by atoms with E-state index in [1.165, 1.54) is 22.9 Å². The maximum Gasteiger partial charge on any atom is 0.277 e. The smallest absolute Gasteiger partial charge is 0.277 e. The quantitative estimate of drug-likeness (QED) is 0.624. The van der Waals surface area contributed by atoms with Gasteiger partial charge in [-0.3, -0.25) is 4.79 Å². The van der Waals surface area contributed by atoms with E-state index in [9.17, 15) is 4.79 Å². The van der Waals surface area contributed by atoms with Gasteiger partial charge in [-0.1, -0.05) is 48.2 Å². The van der Waals surface area contributed by atoms with E-state index in [2.05, 4.69) is 27.6 Å². The van der Waals surface area contributed by atoms with Crippen molar-refractivity contribution in [3.05, 3.63) is 65.5 Å². The molecule has 1 aliphatic carbocycles. The molecule has 0 fully saturated rings. The number of para-hydroxylation sites is 2. The van der Waals surface area contributed by atoms with Crippen LogP contribution in [0.1, 0.15) is 42.0 Å². The first-order valence-electron chi connectivity index (χ1n) is 9.98. The molecule has 2 atom stereocenters. The first-order valence-corrected chi connectivity index (χ1v) is 11.0. The predicted octanol–water partition coefficient (Wildman–Crippen LogP) is 3.87. The average Bonchev–Trinajstić information content (AvgIpc) is 3.27. The number of carbonyl (C=O) groups excluding carboxylic acids is 1. The lowest BCUT2D eigenvalue weighted by Gasteiger charge is -2.26. The van der Waals surface area contributed by atoms with Crippen LogP contribution in [-0.2, 0) is 11.2 Å². The van der Waals surface area contributed by atoms with Gasteiger partial charge in [0, 0.05) is 0 Å². The molecule has 30 heavy (non-hydrogen) atoms. The zero-order valence-corrected chi connectivity index (χ0v) is 17.1. The number of hydrogen-bond donors (Lipinski definition) is 1. The van der Waals surface area contributed by atoms with Crippen LogP contribution < -0.4 is 14.8 Å². The number of nitrogens with one attached hydrogen (secondary N) is 1. The summed E-state index contributed by atoms with van der Waals surface area (Å²) in [7, 11) is 0. The maximum absolute atomic E-state index is 12.5. The Bertz CT molecular complexity index is 1050. The number of rotatable bonds is 5. The zero-order valence-electron chi connectivity index (χ0n) is 16.2. The summed E-state index contributed by atoms with van der Waals surface area (Å²) in [5, 5.41) is 11.6. The van der Waals surface area contributed by atoms with Crippen LogP contribution in [0.5, 0.6) is 11.5 Å². The van der Waals surface area contributed by atoms with Crippen LogP contribution >= 0.6 is 11.8 Å². The Labute approximate surface area is 178 Å². The fourth-order valence-electron chi connectivity index (χ4n) is 3.82. The van der Waals surface area contributed by atoms with Crippen molar-refractivity contribution >= 4 is 17.7 Å². The molecule has 2 heterocycles. The number of hydrogen-bond acceptors (Lipinski definition) is 7. The van der Waals surface area contributed by atoms with Gasteiger partial charge in [0.05, 0.1) is 11.8 Å². The van der Waals surface area contributed by atoms with E-state index in [1.54, 1.807) is 0 Å². The van der Waals surface area contributed by atoms with Gasteiger partial charge in [-0.15, -0.1) is 10.2 Å². The summed E-state index contributed by atoms with van der Waals surface area (Å²) in [5.74, 6) is 1.85. The molecule has 0 saturated heterocycles. The lowest BCUT2D eigenvalue weighted by atomic mass is 9.88. The highest BCUT2D eigenvalue weighted by Crippen LogP contribution is 2.36. The van der Waals surface area contributed by atoms with Gasteiger partial charge in [0.2, 0.25) is 12.0 Å². The number of nitrogens with zero attached hydrogens (tertiary/aromatic N) is 2. The summed E-state index contributed by atoms with van der Waals surface area (Å²) in [5.41, 5.74) is 2.54.